The van der Waals surface area contributed by atoms with E-state index in [9.17, 15) is 0 Å². The molecule has 0 atom stereocenters. The van der Waals surface area contributed by atoms with Crippen LogP contribution in [0.4, 0.5) is 5.95 Å². The van der Waals surface area contributed by atoms with Crippen LogP contribution >= 0.6 is 0 Å². The first kappa shape index (κ1) is 16.7. The van der Waals surface area contributed by atoms with Gasteiger partial charge in [-0.15, -0.1) is 4.98 Å². The van der Waals surface area contributed by atoms with E-state index in [0.29, 0.717) is 17.4 Å². The van der Waals surface area contributed by atoms with Crippen molar-refractivity contribution in [2.45, 2.75) is 13.8 Å². The molecule has 0 saturated heterocycles. The molecule has 0 aliphatic rings. The first-order valence-corrected chi connectivity index (χ1v) is 8.25. The second-order valence-electron chi connectivity index (χ2n) is 5.20. The fraction of sp³-hybridized carbons (Fsp3) is 0.211. The Morgan fingerprint density at radius 2 is 1.12 bits per heavy atom. The predicted molar refractivity (Wildman–Crippen MR) is 96.4 cm³/mol. The first-order chi connectivity index (χ1) is 12.3. The number of hydrogen-bond acceptors (Lipinski definition) is 6. The fourth-order valence-electron chi connectivity index (χ4n) is 2.25. The smallest absolute Gasteiger partial charge is 0.330 e. The molecule has 0 radical (unpaired) electrons. The lowest BCUT2D eigenvalue weighted by atomic mass is 10.3. The Hall–Kier alpha value is -3.15. The number of para-hydroxylation sites is 2. The molecule has 3 aromatic rings. The molecule has 2 aromatic carbocycles. The van der Waals surface area contributed by atoms with Crippen LogP contribution in [0.3, 0.4) is 0 Å². The lowest BCUT2D eigenvalue weighted by molar-refractivity contribution is 0.397. The van der Waals surface area contributed by atoms with Crippen molar-refractivity contribution in [1.29, 1.82) is 0 Å². The maximum absolute atomic E-state index is 5.77. The molecule has 6 nitrogen and oxygen atoms in total. The van der Waals surface area contributed by atoms with Crippen LogP contribution in [-0.4, -0.2) is 28.0 Å². The minimum absolute atomic E-state index is 0.203. The molecular formula is C19H20N4O2. The van der Waals surface area contributed by atoms with Gasteiger partial charge in [-0.1, -0.05) is 36.4 Å². The Morgan fingerprint density at radius 1 is 0.680 bits per heavy atom. The van der Waals surface area contributed by atoms with E-state index in [1.165, 1.54) is 0 Å². The summed E-state index contributed by atoms with van der Waals surface area (Å²) < 4.78 is 11.5. The van der Waals surface area contributed by atoms with Gasteiger partial charge >= 0.3 is 12.0 Å². The highest BCUT2D eigenvalue weighted by molar-refractivity contribution is 5.34. The normalized spacial score (nSPS) is 10.3. The highest BCUT2D eigenvalue weighted by Gasteiger charge is 2.14. The Labute approximate surface area is 147 Å². The van der Waals surface area contributed by atoms with Crippen molar-refractivity contribution in [3.05, 3.63) is 60.7 Å². The van der Waals surface area contributed by atoms with Crippen LogP contribution in [-0.2, 0) is 0 Å². The maximum Gasteiger partial charge on any atom is 0.330 e. The van der Waals surface area contributed by atoms with E-state index in [-0.39, 0.29) is 12.0 Å². The average Bonchev–Trinajstić information content (AvgIpc) is 2.64. The van der Waals surface area contributed by atoms with E-state index in [2.05, 4.69) is 15.0 Å². The summed E-state index contributed by atoms with van der Waals surface area (Å²) in [5.74, 6) is 1.84. The summed E-state index contributed by atoms with van der Waals surface area (Å²) in [6, 6.07) is 19.2. The lowest BCUT2D eigenvalue weighted by Crippen LogP contribution is -2.24. The molecule has 6 heteroatoms. The summed E-state index contributed by atoms with van der Waals surface area (Å²) in [4.78, 5) is 15.1. The standard InChI is InChI=1S/C19H20N4O2/c1-3-23(4-2)17-20-18(24-15-11-7-5-8-12-15)22-19(21-17)25-16-13-9-6-10-14-16/h5-14H,3-4H2,1-2H3. The van der Waals surface area contributed by atoms with Gasteiger partial charge < -0.3 is 14.4 Å². The summed E-state index contributed by atoms with van der Waals surface area (Å²) in [7, 11) is 0. The van der Waals surface area contributed by atoms with Gasteiger partial charge in [-0.2, -0.15) is 9.97 Å². The van der Waals surface area contributed by atoms with Gasteiger partial charge in [0.05, 0.1) is 0 Å². The van der Waals surface area contributed by atoms with Crippen molar-refractivity contribution >= 4 is 5.95 Å². The van der Waals surface area contributed by atoms with Gasteiger partial charge in [-0.3, -0.25) is 0 Å². The van der Waals surface area contributed by atoms with Crippen molar-refractivity contribution in [3.8, 4) is 23.5 Å². The zero-order valence-corrected chi connectivity index (χ0v) is 14.3. The molecule has 0 unspecified atom stereocenters. The Balaban J connectivity index is 1.93. The monoisotopic (exact) mass is 336 g/mol. The average molecular weight is 336 g/mol. The topological polar surface area (TPSA) is 60.4 Å². The molecule has 1 heterocycles. The summed E-state index contributed by atoms with van der Waals surface area (Å²) in [6.07, 6.45) is 0. The maximum atomic E-state index is 5.77. The number of benzene rings is 2. The number of anilines is 1. The Bertz CT molecular complexity index is 733. The largest absolute Gasteiger partial charge is 0.424 e. The molecule has 0 aliphatic carbocycles. The highest BCUT2D eigenvalue weighted by Crippen LogP contribution is 2.24. The lowest BCUT2D eigenvalue weighted by Gasteiger charge is -2.19. The van der Waals surface area contributed by atoms with Gasteiger partial charge in [0.25, 0.3) is 0 Å². The van der Waals surface area contributed by atoms with Crippen molar-refractivity contribution in [2.75, 3.05) is 18.0 Å². The van der Waals surface area contributed by atoms with Crippen LogP contribution in [0.2, 0.25) is 0 Å². The minimum Gasteiger partial charge on any atom is -0.424 e. The fourth-order valence-corrected chi connectivity index (χ4v) is 2.25. The number of hydrogen-bond donors (Lipinski definition) is 0. The summed E-state index contributed by atoms with van der Waals surface area (Å²) >= 11 is 0. The molecule has 0 fully saturated rings. The summed E-state index contributed by atoms with van der Waals surface area (Å²) in [5, 5.41) is 0. The van der Waals surface area contributed by atoms with Gasteiger partial charge in [0, 0.05) is 13.1 Å². The molecule has 0 saturated carbocycles. The van der Waals surface area contributed by atoms with Crippen molar-refractivity contribution in [1.82, 2.24) is 15.0 Å². The van der Waals surface area contributed by atoms with Crippen LogP contribution in [0.25, 0.3) is 0 Å². The zero-order valence-electron chi connectivity index (χ0n) is 14.3. The SMILES string of the molecule is CCN(CC)c1nc(Oc2ccccc2)nc(Oc2ccccc2)n1. The van der Waals surface area contributed by atoms with Gasteiger partial charge in [-0.25, -0.2) is 0 Å². The van der Waals surface area contributed by atoms with Crippen LogP contribution in [0.1, 0.15) is 13.8 Å². The second-order valence-corrected chi connectivity index (χ2v) is 5.20. The molecule has 0 bridgehead atoms. The first-order valence-electron chi connectivity index (χ1n) is 8.25. The third kappa shape index (κ3) is 4.44. The zero-order chi connectivity index (χ0) is 17.5. The van der Waals surface area contributed by atoms with E-state index >= 15 is 0 Å². The third-order valence-corrected chi connectivity index (χ3v) is 3.53. The van der Waals surface area contributed by atoms with E-state index in [1.807, 2.05) is 79.4 Å². The van der Waals surface area contributed by atoms with Crippen LogP contribution in [0, 0.1) is 0 Å². The summed E-state index contributed by atoms with van der Waals surface area (Å²) in [6.45, 7) is 5.64. The predicted octanol–water partition coefficient (Wildman–Crippen LogP) is 4.30. The van der Waals surface area contributed by atoms with E-state index in [4.69, 9.17) is 9.47 Å². The Morgan fingerprint density at radius 3 is 1.52 bits per heavy atom. The van der Waals surface area contributed by atoms with Gasteiger partial charge in [-0.05, 0) is 38.1 Å². The number of ether oxygens (including phenoxy) is 2. The quantitative estimate of drug-likeness (QED) is 0.641. The van der Waals surface area contributed by atoms with E-state index in [0.717, 1.165) is 13.1 Å². The molecule has 0 amide bonds. The molecule has 1 aromatic heterocycles. The van der Waals surface area contributed by atoms with Gasteiger partial charge in [0.2, 0.25) is 5.95 Å². The molecule has 25 heavy (non-hydrogen) atoms. The molecule has 0 spiro atoms. The molecule has 128 valence electrons. The molecular weight excluding hydrogens is 316 g/mol. The third-order valence-electron chi connectivity index (χ3n) is 3.53. The second kappa shape index (κ2) is 8.10. The van der Waals surface area contributed by atoms with E-state index in [1.54, 1.807) is 0 Å². The van der Waals surface area contributed by atoms with Gasteiger partial charge in [0.15, 0.2) is 0 Å². The van der Waals surface area contributed by atoms with Crippen molar-refractivity contribution in [2.24, 2.45) is 0 Å². The molecule has 0 N–H and O–H groups in total. The van der Waals surface area contributed by atoms with Crippen LogP contribution < -0.4 is 14.4 Å². The highest BCUT2D eigenvalue weighted by atomic mass is 16.5. The number of rotatable bonds is 7. The van der Waals surface area contributed by atoms with Crippen LogP contribution in [0.15, 0.2) is 60.7 Å². The Kier molecular flexibility index (Phi) is 5.41. The molecule has 0 aliphatic heterocycles. The van der Waals surface area contributed by atoms with Crippen LogP contribution in [0.5, 0.6) is 23.5 Å². The minimum atomic E-state index is 0.203. The molecule has 3 rings (SSSR count). The number of aromatic nitrogens is 3. The van der Waals surface area contributed by atoms with Crippen molar-refractivity contribution < 1.29 is 9.47 Å². The van der Waals surface area contributed by atoms with Gasteiger partial charge in [0.1, 0.15) is 11.5 Å². The number of nitrogens with zero attached hydrogens (tertiary/aromatic N) is 4. The summed E-state index contributed by atoms with van der Waals surface area (Å²) in [5.41, 5.74) is 0. The van der Waals surface area contributed by atoms with Crippen molar-refractivity contribution in [3.63, 3.8) is 0 Å². The van der Waals surface area contributed by atoms with E-state index < -0.39 is 0 Å².